The molecular weight excluding hydrogens is 556 g/mol. The summed E-state index contributed by atoms with van der Waals surface area (Å²) in [5.41, 5.74) is 1.22. The monoisotopic (exact) mass is 594 g/mol. The summed E-state index contributed by atoms with van der Waals surface area (Å²) in [7, 11) is 2.04. The summed E-state index contributed by atoms with van der Waals surface area (Å²) >= 11 is 0. The van der Waals surface area contributed by atoms with E-state index >= 15 is 0 Å². The first-order valence-electron chi connectivity index (χ1n) is 15.2. The van der Waals surface area contributed by atoms with Gasteiger partial charge in [0.05, 0.1) is 12.2 Å². The molecule has 3 aromatic heterocycles. The number of piperidine rings is 3. The van der Waals surface area contributed by atoms with Gasteiger partial charge in [0.25, 0.3) is 5.56 Å². The Morgan fingerprint density at radius 2 is 1.95 bits per heavy atom. The summed E-state index contributed by atoms with van der Waals surface area (Å²) in [4.78, 5) is 31.8. The zero-order chi connectivity index (χ0) is 30.6. The molecule has 7 heterocycles. The molecule has 0 aliphatic carbocycles. The molecule has 2 N–H and O–H groups in total. The molecule has 3 fully saturated rings. The lowest BCUT2D eigenvalue weighted by Crippen LogP contribution is -2.59. The number of allylic oxidation sites excluding steroid dienone is 1. The number of hydrogen-bond donors (Lipinski definition) is 2. The van der Waals surface area contributed by atoms with Crippen molar-refractivity contribution in [3.8, 4) is 5.82 Å². The van der Waals surface area contributed by atoms with Gasteiger partial charge in [-0.1, -0.05) is 12.1 Å². The third-order valence-corrected chi connectivity index (χ3v) is 9.15. The van der Waals surface area contributed by atoms with Gasteiger partial charge < -0.3 is 20.1 Å². The Hall–Kier alpha value is -4.48. The highest BCUT2D eigenvalue weighted by molar-refractivity contribution is 5.77. The molecule has 4 aromatic rings. The molecule has 0 saturated carbocycles. The Labute approximate surface area is 256 Å². The van der Waals surface area contributed by atoms with E-state index in [1.807, 2.05) is 31.3 Å². The maximum absolute atomic E-state index is 13.3. The van der Waals surface area contributed by atoms with Crippen molar-refractivity contribution in [3.63, 3.8) is 0 Å². The van der Waals surface area contributed by atoms with Gasteiger partial charge in [-0.25, -0.2) is 19.3 Å². The molecule has 0 amide bonds. The highest BCUT2D eigenvalue weighted by Gasteiger charge is 2.51. The number of rotatable bonds is 8. The number of ether oxygens (including phenoxy) is 1. The van der Waals surface area contributed by atoms with Crippen molar-refractivity contribution in [1.82, 2.24) is 29.2 Å². The number of nitrogens with one attached hydrogen (secondary N) is 1. The van der Waals surface area contributed by atoms with E-state index in [2.05, 4.69) is 37.7 Å². The fraction of sp³-hybridized carbons (Fsp3) is 0.394. The molecule has 1 atom stereocenters. The SMILES string of the molecule is C=CCn1c(=O)c2cnc(Nc3ccc(N(C)C4=CCC5(CN6CCC5CC6)O4)cc3)nc2n1-c1cccc(C(C)(C)O)n1. The third kappa shape index (κ3) is 4.86. The van der Waals surface area contributed by atoms with E-state index in [4.69, 9.17) is 9.72 Å². The van der Waals surface area contributed by atoms with Crippen LogP contribution >= 0.6 is 0 Å². The van der Waals surface area contributed by atoms with E-state index in [9.17, 15) is 9.90 Å². The van der Waals surface area contributed by atoms with Crippen LogP contribution in [0.15, 0.2) is 78.1 Å². The smallest absolute Gasteiger partial charge is 0.278 e. The summed E-state index contributed by atoms with van der Waals surface area (Å²) in [6, 6.07) is 13.4. The second-order valence-electron chi connectivity index (χ2n) is 12.6. The van der Waals surface area contributed by atoms with Gasteiger partial charge >= 0.3 is 0 Å². The standard InChI is InChI=1S/C33H38N8O3/c1-5-17-40-30(42)25-20-34-31(37-29(25)41(40)27-8-6-7-26(36-27)32(2,3)43)35-23-9-11-24(12-10-23)38(4)28-13-16-33(44-28)21-39-18-14-22(33)15-19-39/h5-13,20,22,43H,1,14-19,21H2,2-4H3,(H,34,35,37). The van der Waals surface area contributed by atoms with Crippen molar-refractivity contribution < 1.29 is 9.84 Å². The fourth-order valence-corrected chi connectivity index (χ4v) is 6.74. The predicted molar refractivity (Wildman–Crippen MR) is 170 cm³/mol. The molecule has 4 aliphatic rings. The van der Waals surface area contributed by atoms with E-state index in [0.717, 1.165) is 30.2 Å². The zero-order valence-corrected chi connectivity index (χ0v) is 25.4. The molecule has 11 nitrogen and oxygen atoms in total. The quantitative estimate of drug-likeness (QED) is 0.288. The highest BCUT2D eigenvalue weighted by Crippen LogP contribution is 2.46. The minimum absolute atomic E-state index is 0.0752. The largest absolute Gasteiger partial charge is 0.471 e. The van der Waals surface area contributed by atoms with Gasteiger partial charge in [0, 0.05) is 43.5 Å². The second-order valence-corrected chi connectivity index (χ2v) is 12.6. The van der Waals surface area contributed by atoms with Crippen LogP contribution in [-0.4, -0.2) is 66.6 Å². The molecular formula is C33H38N8O3. The average molecular weight is 595 g/mol. The molecule has 3 saturated heterocycles. The Morgan fingerprint density at radius 3 is 2.64 bits per heavy atom. The van der Waals surface area contributed by atoms with Gasteiger partial charge in [-0.3, -0.25) is 9.69 Å². The molecule has 44 heavy (non-hydrogen) atoms. The fourth-order valence-electron chi connectivity index (χ4n) is 6.74. The number of nitrogens with zero attached hydrogens (tertiary/aromatic N) is 7. The Balaban J connectivity index is 1.13. The minimum Gasteiger partial charge on any atom is -0.471 e. The first-order valence-corrected chi connectivity index (χ1v) is 15.2. The summed E-state index contributed by atoms with van der Waals surface area (Å²) in [6.45, 7) is 10.8. The molecule has 0 radical (unpaired) electrons. The van der Waals surface area contributed by atoms with E-state index in [1.54, 1.807) is 42.8 Å². The number of fused-ring (bicyclic) bond motifs is 3. The van der Waals surface area contributed by atoms with Gasteiger partial charge in [0.2, 0.25) is 5.95 Å². The first-order chi connectivity index (χ1) is 21.1. The van der Waals surface area contributed by atoms with Crippen LogP contribution in [0, 0.1) is 5.92 Å². The summed E-state index contributed by atoms with van der Waals surface area (Å²) in [5, 5.41) is 14.2. The number of pyridine rings is 1. The lowest BCUT2D eigenvalue weighted by molar-refractivity contribution is -0.113. The second kappa shape index (κ2) is 10.6. The average Bonchev–Trinajstić information content (AvgIpc) is 3.55. The molecule has 8 rings (SSSR count). The Morgan fingerprint density at radius 1 is 1.18 bits per heavy atom. The van der Waals surface area contributed by atoms with Crippen molar-refractivity contribution in [3.05, 3.63) is 89.3 Å². The molecule has 1 unspecified atom stereocenters. The maximum Gasteiger partial charge on any atom is 0.278 e. The summed E-state index contributed by atoms with van der Waals surface area (Å²) in [6.07, 6.45) is 8.81. The topological polar surface area (TPSA) is 114 Å². The number of anilines is 3. The molecule has 228 valence electrons. The van der Waals surface area contributed by atoms with E-state index in [0.29, 0.717) is 34.4 Å². The summed E-state index contributed by atoms with van der Waals surface area (Å²) < 4.78 is 9.82. The lowest BCUT2D eigenvalue weighted by atomic mass is 9.74. The van der Waals surface area contributed by atoms with Crippen LogP contribution in [0.1, 0.15) is 38.8 Å². The Bertz CT molecular complexity index is 1810. The van der Waals surface area contributed by atoms with Gasteiger partial charge in [-0.2, -0.15) is 4.98 Å². The number of hydrogen-bond acceptors (Lipinski definition) is 9. The lowest BCUT2D eigenvalue weighted by Gasteiger charge is -2.51. The molecule has 2 bridgehead atoms. The first kappa shape index (κ1) is 28.3. The van der Waals surface area contributed by atoms with Crippen LogP contribution < -0.4 is 15.8 Å². The van der Waals surface area contributed by atoms with Crippen molar-refractivity contribution in [2.24, 2.45) is 5.92 Å². The molecule has 1 spiro atoms. The van der Waals surface area contributed by atoms with Gasteiger partial charge in [-0.15, -0.1) is 6.58 Å². The number of aromatic nitrogens is 5. The van der Waals surface area contributed by atoms with Gasteiger partial charge in [-0.05, 0) is 82.3 Å². The van der Waals surface area contributed by atoms with Crippen LogP contribution in [0.3, 0.4) is 0 Å². The van der Waals surface area contributed by atoms with Crippen LogP contribution in [0.4, 0.5) is 17.3 Å². The zero-order valence-electron chi connectivity index (χ0n) is 25.4. The van der Waals surface area contributed by atoms with Gasteiger partial charge in [0.15, 0.2) is 17.3 Å². The van der Waals surface area contributed by atoms with Crippen LogP contribution in [0.2, 0.25) is 0 Å². The van der Waals surface area contributed by atoms with Crippen molar-refractivity contribution >= 4 is 28.4 Å². The summed E-state index contributed by atoms with van der Waals surface area (Å²) in [5.74, 6) is 2.34. The molecule has 11 heteroatoms. The van der Waals surface area contributed by atoms with Crippen molar-refractivity contribution in [2.45, 2.75) is 50.9 Å². The van der Waals surface area contributed by atoms with Crippen LogP contribution in [0.5, 0.6) is 0 Å². The highest BCUT2D eigenvalue weighted by atomic mass is 16.5. The van der Waals surface area contributed by atoms with Crippen molar-refractivity contribution in [1.29, 1.82) is 0 Å². The normalized spacial score (nSPS) is 22.7. The van der Waals surface area contributed by atoms with Gasteiger partial charge in [0.1, 0.15) is 16.6 Å². The molecule has 4 aliphatic heterocycles. The van der Waals surface area contributed by atoms with E-state index < -0.39 is 5.60 Å². The van der Waals surface area contributed by atoms with Crippen LogP contribution in [0.25, 0.3) is 16.9 Å². The maximum atomic E-state index is 13.3. The third-order valence-electron chi connectivity index (χ3n) is 9.15. The minimum atomic E-state index is -1.15. The number of aliphatic hydroxyl groups is 1. The molecule has 1 aromatic carbocycles. The van der Waals surface area contributed by atoms with Crippen molar-refractivity contribution in [2.75, 3.05) is 36.9 Å². The Kier molecular flexibility index (Phi) is 6.82. The predicted octanol–water partition coefficient (Wildman–Crippen LogP) is 4.30. The number of benzene rings is 1. The van der Waals surface area contributed by atoms with E-state index in [1.165, 1.54) is 36.8 Å². The van der Waals surface area contributed by atoms with E-state index in [-0.39, 0.29) is 17.7 Å². The van der Waals surface area contributed by atoms with Crippen LogP contribution in [-0.2, 0) is 16.9 Å².